The molecule has 0 saturated heterocycles. The van der Waals surface area contributed by atoms with E-state index in [0.717, 1.165) is 16.0 Å². The van der Waals surface area contributed by atoms with Crippen molar-refractivity contribution in [3.8, 4) is 0 Å². The van der Waals surface area contributed by atoms with Crippen molar-refractivity contribution in [3.05, 3.63) is 30.3 Å². The van der Waals surface area contributed by atoms with Gasteiger partial charge in [-0.3, -0.25) is 0 Å². The number of rotatable bonds is 0. The third kappa shape index (κ3) is 182. The molecule has 0 aliphatic rings. The van der Waals surface area contributed by atoms with Gasteiger partial charge < -0.3 is 30.3 Å². The van der Waals surface area contributed by atoms with E-state index in [1.165, 1.54) is 0 Å². The zero-order valence-electron chi connectivity index (χ0n) is 4.17. The molecule has 10 heavy (non-hydrogen) atoms. The smallest absolute Gasteiger partial charge is 0 e. The van der Waals surface area contributed by atoms with Gasteiger partial charge >= 0.3 is 0 Å². The van der Waals surface area contributed by atoms with Gasteiger partial charge in [-0.1, -0.05) is 0 Å². The van der Waals surface area contributed by atoms with E-state index in [0.29, 0.717) is 0 Å². The first kappa shape index (κ1) is 23.2. The minimum absolute atomic E-state index is 0. The maximum atomic E-state index is 8.00. The van der Waals surface area contributed by atoms with Crippen LogP contribution in [0.15, 0.2) is 16.0 Å². The molecule has 0 fully saturated rings. The Bertz CT molecular complexity index is 49.7. The summed E-state index contributed by atoms with van der Waals surface area (Å²) in [7, 11) is 0. The maximum Gasteiger partial charge on any atom is 0 e. The van der Waals surface area contributed by atoms with Crippen molar-refractivity contribution in [2.24, 2.45) is 16.0 Å². The second kappa shape index (κ2) is 107. The molecule has 0 bridgehead atoms. The Balaban J connectivity index is -0.0000000257. The predicted octanol–water partition coefficient (Wildman–Crippen LogP) is 0.749. The Hall–Kier alpha value is -1.14. The van der Waals surface area contributed by atoms with Gasteiger partial charge in [-0.2, -0.15) is 0 Å². The summed E-state index contributed by atoms with van der Waals surface area (Å²) in [5.74, 6) is 0. The molecule has 0 spiro atoms. The van der Waals surface area contributed by atoms with Crippen LogP contribution in [0.1, 0.15) is 0 Å². The molecule has 61 valence electrons. The minimum atomic E-state index is 0. The summed E-state index contributed by atoms with van der Waals surface area (Å²) < 4.78 is 0. The normalized spacial score (nSPS) is 3.60. The van der Waals surface area contributed by atoms with Gasteiger partial charge in [-0.15, -0.1) is 16.0 Å². The zero-order chi connectivity index (χ0) is 8.12. The molecule has 0 atom stereocenters. The number of hydrogen-bond acceptors (Lipinski definition) is 9. The topological polar surface area (TPSA) is 157 Å². The fourth-order valence-electron chi connectivity index (χ4n) is 0. The van der Waals surface area contributed by atoms with Crippen molar-refractivity contribution in [2.75, 3.05) is 0 Å². The van der Waals surface area contributed by atoms with Crippen LogP contribution in [0.25, 0.3) is 0 Å². The van der Waals surface area contributed by atoms with Crippen molar-refractivity contribution < 1.29 is 20.4 Å². The predicted molar refractivity (Wildman–Crippen MR) is 27.5 cm³/mol. The van der Waals surface area contributed by atoms with Crippen LogP contribution in [0, 0.1) is 30.3 Å². The number of hydrogen-bond donors (Lipinski definition) is 0. The summed E-state index contributed by atoms with van der Waals surface area (Å²) in [6.07, 6.45) is 0. The SMILES string of the molecule is O=N[O-].O=N[O-].O=N[O-].[Re]. The van der Waals surface area contributed by atoms with Crippen LogP contribution in [0.2, 0.25) is 0 Å². The van der Waals surface area contributed by atoms with Gasteiger partial charge in [-0.25, -0.2) is 0 Å². The first-order valence-corrected chi connectivity index (χ1v) is 1.10. The third-order valence-electron chi connectivity index (χ3n) is 0. The summed E-state index contributed by atoms with van der Waals surface area (Å²) in [5, 5.41) is 27.0. The molecule has 0 aliphatic heterocycles. The van der Waals surface area contributed by atoms with Gasteiger partial charge in [0.2, 0.25) is 0 Å². The van der Waals surface area contributed by atoms with Crippen LogP contribution in [0.5, 0.6) is 0 Å². The van der Waals surface area contributed by atoms with Gasteiger partial charge in [0.15, 0.2) is 0 Å². The van der Waals surface area contributed by atoms with E-state index in [1.54, 1.807) is 0 Å². The minimum Gasteiger partial charge on any atom is -0.444 e. The second-order valence-electron chi connectivity index (χ2n) is 0.224. The van der Waals surface area contributed by atoms with Crippen LogP contribution < -0.4 is 0 Å². The summed E-state index contributed by atoms with van der Waals surface area (Å²) in [6.45, 7) is 0. The van der Waals surface area contributed by atoms with Crippen LogP contribution in [0.4, 0.5) is 0 Å². The Morgan fingerprint density at radius 2 is 0.700 bits per heavy atom. The van der Waals surface area contributed by atoms with Gasteiger partial charge in [0, 0.05) is 20.4 Å². The zero-order valence-corrected chi connectivity index (χ0v) is 6.88. The fourth-order valence-corrected chi connectivity index (χ4v) is 0. The maximum absolute atomic E-state index is 8.00. The van der Waals surface area contributed by atoms with Crippen LogP contribution >= 0.6 is 0 Å². The third-order valence-corrected chi connectivity index (χ3v) is 0. The Morgan fingerprint density at radius 1 is 0.700 bits per heavy atom. The molecule has 1 radical (unpaired) electrons. The van der Waals surface area contributed by atoms with Crippen molar-refractivity contribution >= 4 is 0 Å². The van der Waals surface area contributed by atoms with Gasteiger partial charge in [0.05, 0.1) is 0 Å². The summed E-state index contributed by atoms with van der Waals surface area (Å²) in [4.78, 5) is 24.0. The largest absolute Gasteiger partial charge is 0.444 e. The monoisotopic (exact) mass is 325 g/mol. The van der Waals surface area contributed by atoms with E-state index in [-0.39, 0.29) is 20.4 Å². The average Bonchev–Trinajstić information content (AvgIpc) is 1.70. The van der Waals surface area contributed by atoms with Crippen molar-refractivity contribution in [2.45, 2.75) is 0 Å². The number of nitrogens with zero attached hydrogens (tertiary/aromatic N) is 3. The van der Waals surface area contributed by atoms with Crippen molar-refractivity contribution in [1.29, 1.82) is 0 Å². The Labute approximate surface area is 67.5 Å². The van der Waals surface area contributed by atoms with Crippen LogP contribution in [-0.4, -0.2) is 0 Å². The molecule has 0 aromatic rings. The van der Waals surface area contributed by atoms with Gasteiger partial charge in [0.1, 0.15) is 0 Å². The van der Waals surface area contributed by atoms with E-state index < -0.39 is 0 Å². The molecule has 0 unspecified atom stereocenters. The Morgan fingerprint density at radius 3 is 0.700 bits per heavy atom. The van der Waals surface area contributed by atoms with Crippen LogP contribution in [-0.2, 0) is 20.4 Å². The first-order valence-electron chi connectivity index (χ1n) is 1.10. The van der Waals surface area contributed by atoms with E-state index >= 15 is 0 Å². The van der Waals surface area contributed by atoms with E-state index in [4.69, 9.17) is 30.3 Å². The van der Waals surface area contributed by atoms with Gasteiger partial charge in [0.25, 0.3) is 0 Å². The molecule has 0 aliphatic carbocycles. The molecule has 0 rings (SSSR count). The van der Waals surface area contributed by atoms with Crippen molar-refractivity contribution in [3.63, 3.8) is 0 Å². The average molecular weight is 324 g/mol. The summed E-state index contributed by atoms with van der Waals surface area (Å²) in [6, 6.07) is 0. The first-order chi connectivity index (χ1) is 4.24. The standard InChI is InChI=1S/3HNO2.Re/c3*2-1-3;/h3*(H,2,3);/p-3. The summed E-state index contributed by atoms with van der Waals surface area (Å²) >= 11 is 0. The quantitative estimate of drug-likeness (QED) is 0.472. The molecule has 0 amide bonds. The van der Waals surface area contributed by atoms with E-state index in [2.05, 4.69) is 0 Å². The van der Waals surface area contributed by atoms with Gasteiger partial charge in [-0.05, 0) is 0 Å². The molecular weight excluding hydrogens is 324 g/mol. The van der Waals surface area contributed by atoms with E-state index in [9.17, 15) is 0 Å². The molecular formula is N3O6Re-3. The molecule has 0 saturated carbocycles. The van der Waals surface area contributed by atoms with Crippen LogP contribution in [0.3, 0.4) is 0 Å². The molecule has 0 heterocycles. The molecule has 0 aromatic carbocycles. The molecule has 9 nitrogen and oxygen atoms in total. The summed E-state index contributed by atoms with van der Waals surface area (Å²) in [5.41, 5.74) is 0. The van der Waals surface area contributed by atoms with E-state index in [1.807, 2.05) is 0 Å². The molecule has 0 aromatic heterocycles. The fraction of sp³-hybridized carbons (Fsp3) is 0. The van der Waals surface area contributed by atoms with Crippen molar-refractivity contribution in [1.82, 2.24) is 0 Å². The molecule has 0 N–H and O–H groups in total. The second-order valence-corrected chi connectivity index (χ2v) is 0.224. The molecule has 10 heteroatoms. The Kier molecular flexibility index (Phi) is 247.